The summed E-state index contributed by atoms with van der Waals surface area (Å²) < 4.78 is 0. The minimum Gasteiger partial charge on any atom is -0.478 e. The number of carboxylic acid groups (broad SMARTS) is 1. The maximum atomic E-state index is 13.0. The molecule has 0 aliphatic carbocycles. The van der Waals surface area contributed by atoms with Gasteiger partial charge in [0.25, 0.3) is 0 Å². The average molecular weight is 446 g/mol. The van der Waals surface area contributed by atoms with Crippen molar-refractivity contribution in [2.24, 2.45) is 11.8 Å². The highest BCUT2D eigenvalue weighted by Gasteiger charge is 2.30. The second-order valence-electron chi connectivity index (χ2n) is 9.52. The van der Waals surface area contributed by atoms with E-state index in [9.17, 15) is 14.4 Å². The molecule has 0 spiro atoms. The van der Waals surface area contributed by atoms with Gasteiger partial charge in [0.1, 0.15) is 6.04 Å². The van der Waals surface area contributed by atoms with Crippen LogP contribution in [0.5, 0.6) is 0 Å². The lowest BCUT2D eigenvalue weighted by molar-refractivity contribution is -0.132. The topological polar surface area (TPSA) is 108 Å². The highest BCUT2D eigenvalue weighted by atomic mass is 16.4. The van der Waals surface area contributed by atoms with Crippen molar-refractivity contribution in [2.45, 2.75) is 79.1 Å². The zero-order valence-electron chi connectivity index (χ0n) is 20.5. The van der Waals surface area contributed by atoms with E-state index in [1.54, 1.807) is 6.92 Å². The Bertz CT molecular complexity index is 816. The molecule has 0 bridgehead atoms. The fraction of sp³-hybridized carbons (Fsp3) is 0.560. The van der Waals surface area contributed by atoms with Crippen LogP contribution in [0.4, 0.5) is 0 Å². The predicted octanol–water partition coefficient (Wildman–Crippen LogP) is 3.21. The molecule has 1 aromatic carbocycles. The zero-order chi connectivity index (χ0) is 24.6. The molecule has 0 saturated heterocycles. The standard InChI is InChI=1S/C25H39N3O4/c1-15(2)20(14-17(5)24(31)32)26-23(30)21(16(3)4)27-22(29)18(6)28-25(7,8)19-12-10-9-11-13-19/h9-16,18,20-21,28H,1-8H3,(H,26,30)(H,27,29)(H,31,32)/b17-14+/t18?,20-,21-/m0/s1. The molecule has 0 fully saturated rings. The van der Waals surface area contributed by atoms with E-state index >= 15 is 0 Å². The molecule has 1 aromatic rings. The van der Waals surface area contributed by atoms with Crippen LogP contribution in [0, 0.1) is 11.8 Å². The van der Waals surface area contributed by atoms with Crippen LogP contribution >= 0.6 is 0 Å². The Labute approximate surface area is 192 Å². The molecule has 1 unspecified atom stereocenters. The SMILES string of the molecule is C/C(=C\[C@H](NC(=O)[C@@H](NC(=O)C(C)NC(C)(C)c1ccccc1)C(C)C)C(C)C)C(=O)O. The summed E-state index contributed by atoms with van der Waals surface area (Å²) in [7, 11) is 0. The van der Waals surface area contributed by atoms with Gasteiger partial charge in [-0.2, -0.15) is 0 Å². The van der Waals surface area contributed by atoms with Gasteiger partial charge in [-0.1, -0.05) is 64.1 Å². The number of hydrogen-bond acceptors (Lipinski definition) is 4. The lowest BCUT2D eigenvalue weighted by atomic mass is 9.93. The lowest BCUT2D eigenvalue weighted by Gasteiger charge is -2.32. The quantitative estimate of drug-likeness (QED) is 0.391. The van der Waals surface area contributed by atoms with Crippen molar-refractivity contribution in [2.75, 3.05) is 0 Å². The van der Waals surface area contributed by atoms with Gasteiger partial charge in [-0.3, -0.25) is 14.9 Å². The van der Waals surface area contributed by atoms with Crippen molar-refractivity contribution in [3.05, 3.63) is 47.5 Å². The molecule has 32 heavy (non-hydrogen) atoms. The second kappa shape index (κ2) is 11.8. The number of carboxylic acids is 1. The number of rotatable bonds is 11. The van der Waals surface area contributed by atoms with Gasteiger partial charge in [0.2, 0.25) is 11.8 Å². The Morgan fingerprint density at radius 3 is 1.94 bits per heavy atom. The Morgan fingerprint density at radius 2 is 1.47 bits per heavy atom. The van der Waals surface area contributed by atoms with Crippen molar-refractivity contribution in [3.63, 3.8) is 0 Å². The lowest BCUT2D eigenvalue weighted by Crippen LogP contribution is -2.57. The van der Waals surface area contributed by atoms with E-state index in [1.807, 2.05) is 71.9 Å². The first-order chi connectivity index (χ1) is 14.8. The molecule has 7 nitrogen and oxygen atoms in total. The van der Waals surface area contributed by atoms with E-state index in [2.05, 4.69) is 16.0 Å². The molecule has 0 aliphatic heterocycles. The van der Waals surface area contributed by atoms with E-state index in [1.165, 1.54) is 13.0 Å². The minimum atomic E-state index is -1.03. The smallest absolute Gasteiger partial charge is 0.331 e. The molecule has 7 heteroatoms. The van der Waals surface area contributed by atoms with Crippen LogP contribution in [-0.2, 0) is 19.9 Å². The van der Waals surface area contributed by atoms with Gasteiger partial charge >= 0.3 is 5.97 Å². The average Bonchev–Trinajstić information content (AvgIpc) is 2.70. The molecular weight excluding hydrogens is 406 g/mol. The van der Waals surface area contributed by atoms with Crippen LogP contribution < -0.4 is 16.0 Å². The van der Waals surface area contributed by atoms with E-state index in [0.29, 0.717) is 0 Å². The van der Waals surface area contributed by atoms with Crippen molar-refractivity contribution >= 4 is 17.8 Å². The van der Waals surface area contributed by atoms with Gasteiger partial charge in [-0.15, -0.1) is 0 Å². The second-order valence-corrected chi connectivity index (χ2v) is 9.52. The van der Waals surface area contributed by atoms with Gasteiger partial charge in [0, 0.05) is 11.1 Å². The van der Waals surface area contributed by atoms with Crippen LogP contribution in [0.3, 0.4) is 0 Å². The first-order valence-corrected chi connectivity index (χ1v) is 11.1. The molecule has 0 radical (unpaired) electrons. The van der Waals surface area contributed by atoms with E-state index < -0.39 is 29.6 Å². The zero-order valence-corrected chi connectivity index (χ0v) is 20.5. The summed E-state index contributed by atoms with van der Waals surface area (Å²) in [6.07, 6.45) is 1.54. The first-order valence-electron chi connectivity index (χ1n) is 11.1. The summed E-state index contributed by atoms with van der Waals surface area (Å²) in [6, 6.07) is 8.12. The first kappa shape index (κ1) is 27.4. The Balaban J connectivity index is 2.90. The minimum absolute atomic E-state index is 0.0102. The fourth-order valence-electron chi connectivity index (χ4n) is 3.35. The summed E-state index contributed by atoms with van der Waals surface area (Å²) in [5.74, 6) is -1.80. The molecule has 1 rings (SSSR count). The molecule has 2 amide bonds. The summed E-state index contributed by atoms with van der Waals surface area (Å²) in [6.45, 7) is 14.8. The van der Waals surface area contributed by atoms with E-state index in [4.69, 9.17) is 5.11 Å². The Hall–Kier alpha value is -2.67. The van der Waals surface area contributed by atoms with E-state index in [0.717, 1.165) is 5.56 Å². The number of carbonyl (C=O) groups is 3. The number of carbonyl (C=O) groups excluding carboxylic acids is 2. The summed E-state index contributed by atoms with van der Waals surface area (Å²) in [4.78, 5) is 37.1. The van der Waals surface area contributed by atoms with Gasteiger partial charge in [-0.25, -0.2) is 4.79 Å². The van der Waals surface area contributed by atoms with Crippen molar-refractivity contribution in [3.8, 4) is 0 Å². The summed E-state index contributed by atoms with van der Waals surface area (Å²) in [5.41, 5.74) is 0.781. The number of benzene rings is 1. The van der Waals surface area contributed by atoms with Gasteiger partial charge in [-0.05, 0) is 45.1 Å². The fourth-order valence-corrected chi connectivity index (χ4v) is 3.35. The van der Waals surface area contributed by atoms with Crippen LogP contribution in [0.1, 0.15) is 61.0 Å². The summed E-state index contributed by atoms with van der Waals surface area (Å²) >= 11 is 0. The molecule has 4 N–H and O–H groups in total. The molecule has 178 valence electrons. The van der Waals surface area contributed by atoms with Crippen LogP contribution in [-0.4, -0.2) is 41.0 Å². The highest BCUT2D eigenvalue weighted by Crippen LogP contribution is 2.20. The Kier molecular flexibility index (Phi) is 10.1. The van der Waals surface area contributed by atoms with Crippen molar-refractivity contribution in [1.82, 2.24) is 16.0 Å². The van der Waals surface area contributed by atoms with Crippen molar-refractivity contribution in [1.29, 1.82) is 0 Å². The van der Waals surface area contributed by atoms with E-state index in [-0.39, 0.29) is 29.2 Å². The molecule has 0 saturated carbocycles. The molecule has 0 aliphatic rings. The predicted molar refractivity (Wildman–Crippen MR) is 127 cm³/mol. The van der Waals surface area contributed by atoms with Crippen LogP contribution in [0.2, 0.25) is 0 Å². The highest BCUT2D eigenvalue weighted by molar-refractivity contribution is 5.90. The molecular formula is C25H39N3O4. The molecule has 0 heterocycles. The molecule has 0 aromatic heterocycles. The normalized spacial score (nSPS) is 15.2. The maximum absolute atomic E-state index is 13.0. The number of amides is 2. The molecule has 3 atom stereocenters. The number of hydrogen-bond donors (Lipinski definition) is 4. The number of nitrogens with one attached hydrogen (secondary N) is 3. The number of aliphatic carboxylic acids is 1. The maximum Gasteiger partial charge on any atom is 0.331 e. The third-order valence-corrected chi connectivity index (χ3v) is 5.51. The van der Waals surface area contributed by atoms with Gasteiger partial charge in [0.15, 0.2) is 0 Å². The third-order valence-electron chi connectivity index (χ3n) is 5.51. The van der Waals surface area contributed by atoms with Crippen LogP contribution in [0.25, 0.3) is 0 Å². The summed E-state index contributed by atoms with van der Waals surface area (Å²) in [5, 5.41) is 18.2. The largest absolute Gasteiger partial charge is 0.478 e. The monoisotopic (exact) mass is 445 g/mol. The van der Waals surface area contributed by atoms with Crippen molar-refractivity contribution < 1.29 is 19.5 Å². The van der Waals surface area contributed by atoms with Crippen LogP contribution in [0.15, 0.2) is 42.0 Å². The van der Waals surface area contributed by atoms with Gasteiger partial charge < -0.3 is 15.7 Å². The van der Waals surface area contributed by atoms with Gasteiger partial charge in [0.05, 0.1) is 12.1 Å². The Morgan fingerprint density at radius 1 is 0.906 bits per heavy atom. The third kappa shape index (κ3) is 8.11.